The highest BCUT2D eigenvalue weighted by Gasteiger charge is 2.53. The number of rotatable bonds is 4. The Kier molecular flexibility index (Phi) is 6.34. The number of piperidine rings is 1. The fraction of sp³-hybridized carbons (Fsp3) is 0.444. The second kappa shape index (κ2) is 9.55. The minimum atomic E-state index is -0.590. The number of hydrogen-bond acceptors (Lipinski definition) is 4. The Morgan fingerprint density at radius 1 is 1.09 bits per heavy atom. The fourth-order valence-electron chi connectivity index (χ4n) is 5.64. The third-order valence-electron chi connectivity index (χ3n) is 7.40. The van der Waals surface area contributed by atoms with Crippen molar-refractivity contribution in [3.8, 4) is 6.07 Å². The first kappa shape index (κ1) is 22.5. The van der Waals surface area contributed by atoms with Gasteiger partial charge in [-0.25, -0.2) is 9.18 Å². The van der Waals surface area contributed by atoms with Crippen LogP contribution in [-0.4, -0.2) is 41.4 Å². The quantitative estimate of drug-likeness (QED) is 0.700. The van der Waals surface area contributed by atoms with Crippen LogP contribution in [-0.2, 0) is 6.54 Å². The molecule has 7 heteroatoms. The molecule has 0 radical (unpaired) electrons. The molecule has 3 fully saturated rings. The molecule has 34 heavy (non-hydrogen) atoms. The molecule has 2 aliphatic heterocycles. The SMILES string of the molecule is N#Cc1cccc(CN2CCC3(CC2)C(=NC2CCCCC2)NC(=O)N3c2cccc(F)c2)c1. The number of nitriles is 1. The van der Waals surface area contributed by atoms with Crippen LogP contribution in [0.2, 0.25) is 0 Å². The van der Waals surface area contributed by atoms with Gasteiger partial charge in [0.1, 0.15) is 17.2 Å². The highest BCUT2D eigenvalue weighted by molar-refractivity contribution is 6.19. The van der Waals surface area contributed by atoms with Gasteiger partial charge in [-0.2, -0.15) is 5.26 Å². The molecule has 1 aliphatic carbocycles. The number of nitrogens with one attached hydrogen (secondary N) is 1. The van der Waals surface area contributed by atoms with Crippen LogP contribution in [0.15, 0.2) is 53.5 Å². The van der Waals surface area contributed by atoms with E-state index in [1.165, 1.54) is 31.4 Å². The minimum Gasteiger partial charge on any atom is -0.299 e. The van der Waals surface area contributed by atoms with Gasteiger partial charge in [0.15, 0.2) is 0 Å². The number of likely N-dealkylation sites (tertiary alicyclic amines) is 1. The number of hydrogen-bond donors (Lipinski definition) is 1. The molecule has 5 rings (SSSR count). The number of carbonyl (C=O) groups is 1. The van der Waals surface area contributed by atoms with Crippen molar-refractivity contribution < 1.29 is 9.18 Å². The number of aliphatic imine (C=N–C) groups is 1. The summed E-state index contributed by atoms with van der Waals surface area (Å²) >= 11 is 0. The smallest absolute Gasteiger partial charge is 0.299 e. The molecule has 2 aromatic carbocycles. The topological polar surface area (TPSA) is 71.7 Å². The number of benzene rings is 2. The van der Waals surface area contributed by atoms with Gasteiger partial charge in [-0.05, 0) is 61.6 Å². The average Bonchev–Trinajstić information content (AvgIpc) is 3.11. The molecule has 2 saturated heterocycles. The van der Waals surface area contributed by atoms with E-state index in [-0.39, 0.29) is 17.9 Å². The Labute approximate surface area is 200 Å². The lowest BCUT2D eigenvalue weighted by atomic mass is 9.84. The van der Waals surface area contributed by atoms with Crippen LogP contribution in [0.25, 0.3) is 0 Å². The lowest BCUT2D eigenvalue weighted by Crippen LogP contribution is -2.57. The van der Waals surface area contributed by atoms with Gasteiger partial charge in [-0.15, -0.1) is 0 Å². The van der Waals surface area contributed by atoms with Gasteiger partial charge < -0.3 is 0 Å². The molecular formula is C27H30FN5O. The van der Waals surface area contributed by atoms with Crippen molar-refractivity contribution in [2.24, 2.45) is 4.99 Å². The largest absolute Gasteiger partial charge is 0.328 e. The predicted octanol–water partition coefficient (Wildman–Crippen LogP) is 4.99. The molecule has 3 aliphatic rings. The highest BCUT2D eigenvalue weighted by Crippen LogP contribution is 2.39. The maximum Gasteiger partial charge on any atom is 0.328 e. The maximum atomic E-state index is 14.1. The summed E-state index contributed by atoms with van der Waals surface area (Å²) in [5, 5.41) is 12.3. The summed E-state index contributed by atoms with van der Waals surface area (Å²) in [6, 6.07) is 16.2. The van der Waals surface area contributed by atoms with Crippen molar-refractivity contribution in [3.63, 3.8) is 0 Å². The van der Waals surface area contributed by atoms with E-state index in [0.717, 1.165) is 43.9 Å². The first-order valence-electron chi connectivity index (χ1n) is 12.2. The van der Waals surface area contributed by atoms with E-state index < -0.39 is 5.54 Å². The molecule has 176 valence electrons. The lowest BCUT2D eigenvalue weighted by molar-refractivity contribution is 0.184. The van der Waals surface area contributed by atoms with Crippen LogP contribution < -0.4 is 10.2 Å². The molecule has 2 heterocycles. The van der Waals surface area contributed by atoms with E-state index in [9.17, 15) is 14.4 Å². The van der Waals surface area contributed by atoms with E-state index in [1.807, 2.05) is 24.3 Å². The van der Waals surface area contributed by atoms with E-state index >= 15 is 0 Å². The standard InChI is InChI=1S/C27H30FN5O/c28-22-8-5-11-24(17-22)33-26(34)31-25(30-23-9-2-1-3-10-23)27(33)12-14-32(15-13-27)19-21-7-4-6-20(16-21)18-29/h4-8,11,16-17,23H,1-3,9-10,12-15,19H2,(H,30,31,34). The number of urea groups is 1. The summed E-state index contributed by atoms with van der Waals surface area (Å²) in [4.78, 5) is 22.4. The van der Waals surface area contributed by atoms with Crippen LogP contribution in [0, 0.1) is 17.1 Å². The van der Waals surface area contributed by atoms with Crippen LogP contribution in [0.3, 0.4) is 0 Å². The third kappa shape index (κ3) is 4.43. The van der Waals surface area contributed by atoms with Crippen LogP contribution >= 0.6 is 0 Å². The first-order chi connectivity index (χ1) is 16.6. The maximum absolute atomic E-state index is 14.1. The summed E-state index contributed by atoms with van der Waals surface area (Å²) in [5.41, 5.74) is 1.75. The minimum absolute atomic E-state index is 0.227. The molecule has 1 N–H and O–H groups in total. The van der Waals surface area contributed by atoms with Crippen molar-refractivity contribution in [1.82, 2.24) is 10.2 Å². The Hall–Kier alpha value is -3.24. The molecule has 2 amide bonds. The normalized spacial score (nSPS) is 22.2. The van der Waals surface area contributed by atoms with Crippen LogP contribution in [0.4, 0.5) is 14.9 Å². The van der Waals surface area contributed by atoms with Crippen molar-refractivity contribution in [1.29, 1.82) is 5.26 Å². The van der Waals surface area contributed by atoms with E-state index in [2.05, 4.69) is 16.3 Å². The molecule has 1 spiro atoms. The number of halogens is 1. The van der Waals surface area contributed by atoms with Crippen molar-refractivity contribution in [3.05, 3.63) is 65.5 Å². The molecule has 0 unspecified atom stereocenters. The number of anilines is 1. The molecule has 0 aromatic heterocycles. The Bertz CT molecular complexity index is 1130. The first-order valence-corrected chi connectivity index (χ1v) is 12.2. The molecule has 0 bridgehead atoms. The number of amidine groups is 1. The summed E-state index contributed by atoms with van der Waals surface area (Å²) in [7, 11) is 0. The van der Waals surface area contributed by atoms with Crippen molar-refractivity contribution in [2.45, 2.75) is 63.1 Å². The second-order valence-corrected chi connectivity index (χ2v) is 9.63. The molecule has 0 atom stereocenters. The molecule has 6 nitrogen and oxygen atoms in total. The van der Waals surface area contributed by atoms with Gasteiger partial charge >= 0.3 is 6.03 Å². The zero-order valence-electron chi connectivity index (χ0n) is 19.3. The van der Waals surface area contributed by atoms with Gasteiger partial charge in [-0.3, -0.25) is 20.1 Å². The summed E-state index contributed by atoms with van der Waals surface area (Å²) in [6.45, 7) is 2.31. The van der Waals surface area contributed by atoms with Gasteiger partial charge in [0.25, 0.3) is 0 Å². The van der Waals surface area contributed by atoms with Crippen molar-refractivity contribution >= 4 is 17.6 Å². The van der Waals surface area contributed by atoms with Crippen LogP contribution in [0.5, 0.6) is 0 Å². The number of amides is 2. The number of carbonyl (C=O) groups excluding carboxylic acids is 1. The molecular weight excluding hydrogens is 429 g/mol. The number of nitrogens with zero attached hydrogens (tertiary/aromatic N) is 4. The zero-order chi connectivity index (χ0) is 23.5. The second-order valence-electron chi connectivity index (χ2n) is 9.63. The van der Waals surface area contributed by atoms with E-state index in [1.54, 1.807) is 17.0 Å². The average molecular weight is 460 g/mol. The van der Waals surface area contributed by atoms with Gasteiger partial charge in [0, 0.05) is 25.3 Å². The summed E-state index contributed by atoms with van der Waals surface area (Å²) in [5.74, 6) is 0.396. The van der Waals surface area contributed by atoms with E-state index in [0.29, 0.717) is 24.1 Å². The van der Waals surface area contributed by atoms with Crippen molar-refractivity contribution in [2.75, 3.05) is 18.0 Å². The highest BCUT2D eigenvalue weighted by atomic mass is 19.1. The van der Waals surface area contributed by atoms with Gasteiger partial charge in [0.05, 0.1) is 17.7 Å². The monoisotopic (exact) mass is 459 g/mol. The lowest BCUT2D eigenvalue weighted by Gasteiger charge is -2.44. The molecule has 2 aromatic rings. The van der Waals surface area contributed by atoms with E-state index in [4.69, 9.17) is 4.99 Å². The fourth-order valence-corrected chi connectivity index (χ4v) is 5.64. The Morgan fingerprint density at radius 3 is 2.59 bits per heavy atom. The van der Waals surface area contributed by atoms with Gasteiger partial charge in [-0.1, -0.05) is 37.5 Å². The van der Waals surface area contributed by atoms with Crippen LogP contribution in [0.1, 0.15) is 56.1 Å². The zero-order valence-corrected chi connectivity index (χ0v) is 19.3. The summed E-state index contributed by atoms with van der Waals surface area (Å²) in [6.07, 6.45) is 7.12. The summed E-state index contributed by atoms with van der Waals surface area (Å²) < 4.78 is 14.1. The van der Waals surface area contributed by atoms with Gasteiger partial charge in [0.2, 0.25) is 0 Å². The third-order valence-corrected chi connectivity index (χ3v) is 7.40. The predicted molar refractivity (Wildman–Crippen MR) is 130 cm³/mol. The molecule has 1 saturated carbocycles. The Morgan fingerprint density at radius 2 is 1.85 bits per heavy atom. The Balaban J connectivity index is 1.42.